The van der Waals surface area contributed by atoms with Crippen LogP contribution in [0.3, 0.4) is 0 Å². The van der Waals surface area contributed by atoms with Crippen LogP contribution in [0.5, 0.6) is 11.5 Å². The minimum absolute atomic E-state index is 0.610. The molecule has 0 bridgehead atoms. The van der Waals surface area contributed by atoms with Crippen molar-refractivity contribution in [3.8, 4) is 23.3 Å². The van der Waals surface area contributed by atoms with Gasteiger partial charge in [0.25, 0.3) is 0 Å². The highest BCUT2D eigenvalue weighted by Gasteiger charge is 2.06. The highest BCUT2D eigenvalue weighted by Crippen LogP contribution is 2.25. The molecule has 1 rings (SSSR count). The van der Waals surface area contributed by atoms with Crippen LogP contribution in [-0.2, 0) is 6.54 Å². The van der Waals surface area contributed by atoms with Crippen LogP contribution >= 0.6 is 0 Å². The summed E-state index contributed by atoms with van der Waals surface area (Å²) in [4.78, 5) is 0. The van der Waals surface area contributed by atoms with Crippen LogP contribution in [-0.4, -0.2) is 19.8 Å². The number of nitrogens with one attached hydrogen (secondary N) is 1. The lowest BCUT2D eigenvalue weighted by molar-refractivity contribution is 0.303. The summed E-state index contributed by atoms with van der Waals surface area (Å²) < 4.78 is 11.5. The van der Waals surface area contributed by atoms with Gasteiger partial charge in [0.1, 0.15) is 11.5 Å². The van der Waals surface area contributed by atoms with Gasteiger partial charge in [-0.1, -0.05) is 19.9 Å². The number of hydrogen-bond donors (Lipinski definition) is 1. The largest absolute Gasteiger partial charge is 0.493 e. The van der Waals surface area contributed by atoms with Crippen molar-refractivity contribution in [2.24, 2.45) is 0 Å². The van der Waals surface area contributed by atoms with Crippen LogP contribution in [0.15, 0.2) is 18.2 Å². The Morgan fingerprint density at radius 2 is 1.95 bits per heavy atom. The van der Waals surface area contributed by atoms with Crippen molar-refractivity contribution in [1.82, 2.24) is 5.32 Å². The molecule has 0 heterocycles. The maximum absolute atomic E-state index is 5.87. The first-order valence-corrected chi connectivity index (χ1v) is 7.80. The maximum atomic E-state index is 5.87. The molecule has 0 aliphatic rings. The van der Waals surface area contributed by atoms with Crippen molar-refractivity contribution in [2.45, 2.75) is 46.6 Å². The second-order valence-corrected chi connectivity index (χ2v) is 4.82. The summed E-state index contributed by atoms with van der Waals surface area (Å²) >= 11 is 0. The fourth-order valence-electron chi connectivity index (χ4n) is 1.86. The summed E-state index contributed by atoms with van der Waals surface area (Å²) in [6, 6.07) is 6.07. The second-order valence-electron chi connectivity index (χ2n) is 4.82. The Labute approximate surface area is 129 Å². The SMILES string of the molecule is CC#CCCOc1cc(OCCC)ccc1CNCCC. The van der Waals surface area contributed by atoms with Crippen molar-refractivity contribution in [2.75, 3.05) is 19.8 Å². The molecule has 0 radical (unpaired) electrons. The zero-order valence-electron chi connectivity index (χ0n) is 13.5. The zero-order chi connectivity index (χ0) is 15.3. The number of ether oxygens (including phenoxy) is 2. The van der Waals surface area contributed by atoms with E-state index in [2.05, 4.69) is 37.1 Å². The summed E-state index contributed by atoms with van der Waals surface area (Å²) in [5, 5.41) is 3.41. The molecule has 0 unspecified atom stereocenters. The van der Waals surface area contributed by atoms with Gasteiger partial charge >= 0.3 is 0 Å². The minimum Gasteiger partial charge on any atom is -0.493 e. The summed E-state index contributed by atoms with van der Waals surface area (Å²) in [5.74, 6) is 7.66. The van der Waals surface area contributed by atoms with Crippen LogP contribution < -0.4 is 14.8 Å². The molecular weight excluding hydrogens is 262 g/mol. The van der Waals surface area contributed by atoms with Gasteiger partial charge in [-0.2, -0.15) is 0 Å². The Morgan fingerprint density at radius 1 is 1.10 bits per heavy atom. The van der Waals surface area contributed by atoms with E-state index in [1.165, 1.54) is 0 Å². The fraction of sp³-hybridized carbons (Fsp3) is 0.556. The Kier molecular flexibility index (Phi) is 9.15. The monoisotopic (exact) mass is 289 g/mol. The van der Waals surface area contributed by atoms with Gasteiger partial charge in [-0.25, -0.2) is 0 Å². The Balaban J connectivity index is 2.70. The van der Waals surface area contributed by atoms with Crippen LogP contribution in [0.2, 0.25) is 0 Å². The highest BCUT2D eigenvalue weighted by atomic mass is 16.5. The summed E-state index contributed by atoms with van der Waals surface area (Å²) in [7, 11) is 0. The highest BCUT2D eigenvalue weighted by molar-refractivity contribution is 5.40. The van der Waals surface area contributed by atoms with Gasteiger partial charge in [0.2, 0.25) is 0 Å². The van der Waals surface area contributed by atoms with E-state index in [9.17, 15) is 0 Å². The third-order valence-electron chi connectivity index (χ3n) is 2.92. The summed E-state index contributed by atoms with van der Waals surface area (Å²) in [6.45, 7) is 9.28. The molecule has 116 valence electrons. The number of benzene rings is 1. The normalized spacial score (nSPS) is 9.86. The first kappa shape index (κ1) is 17.4. The molecule has 0 fully saturated rings. The molecule has 3 nitrogen and oxygen atoms in total. The van der Waals surface area contributed by atoms with Crippen LogP contribution in [0, 0.1) is 11.8 Å². The van der Waals surface area contributed by atoms with Gasteiger partial charge in [-0.3, -0.25) is 0 Å². The van der Waals surface area contributed by atoms with Crippen LogP contribution in [0.25, 0.3) is 0 Å². The van der Waals surface area contributed by atoms with E-state index in [1.54, 1.807) is 0 Å². The number of rotatable bonds is 10. The van der Waals surface area contributed by atoms with E-state index in [0.29, 0.717) is 6.61 Å². The molecule has 0 saturated carbocycles. The maximum Gasteiger partial charge on any atom is 0.127 e. The molecule has 0 atom stereocenters. The predicted octanol–water partition coefficient (Wildman–Crippen LogP) is 3.77. The van der Waals surface area contributed by atoms with E-state index in [0.717, 1.165) is 56.0 Å². The minimum atomic E-state index is 0.610. The van der Waals surface area contributed by atoms with E-state index in [4.69, 9.17) is 9.47 Å². The Morgan fingerprint density at radius 3 is 2.67 bits per heavy atom. The standard InChI is InChI=1S/C18H27NO2/c1-4-7-8-13-21-18-14-17(20-12-6-3)10-9-16(18)15-19-11-5-2/h9-10,14,19H,5-6,8,11-13,15H2,1-3H3. The van der Waals surface area contributed by atoms with Crippen molar-refractivity contribution in [3.63, 3.8) is 0 Å². The van der Waals surface area contributed by atoms with E-state index in [-0.39, 0.29) is 0 Å². The lowest BCUT2D eigenvalue weighted by Gasteiger charge is -2.14. The quantitative estimate of drug-likeness (QED) is 0.525. The van der Waals surface area contributed by atoms with Gasteiger partial charge in [0.05, 0.1) is 13.2 Å². The topological polar surface area (TPSA) is 30.5 Å². The third kappa shape index (κ3) is 7.06. The molecular formula is C18H27NO2. The van der Waals surface area contributed by atoms with Crippen molar-refractivity contribution < 1.29 is 9.47 Å². The number of hydrogen-bond acceptors (Lipinski definition) is 3. The molecule has 21 heavy (non-hydrogen) atoms. The first-order valence-electron chi connectivity index (χ1n) is 7.80. The Hall–Kier alpha value is -1.66. The first-order chi connectivity index (χ1) is 10.3. The van der Waals surface area contributed by atoms with Gasteiger partial charge in [-0.05, 0) is 32.4 Å². The van der Waals surface area contributed by atoms with E-state index in [1.807, 2.05) is 19.1 Å². The second kappa shape index (κ2) is 11.0. The molecule has 0 saturated heterocycles. The summed E-state index contributed by atoms with van der Waals surface area (Å²) in [5.41, 5.74) is 1.16. The molecule has 1 aromatic rings. The molecule has 1 aromatic carbocycles. The third-order valence-corrected chi connectivity index (χ3v) is 2.92. The van der Waals surface area contributed by atoms with Gasteiger partial charge in [0.15, 0.2) is 0 Å². The van der Waals surface area contributed by atoms with Crippen molar-refractivity contribution >= 4 is 0 Å². The van der Waals surface area contributed by atoms with Crippen LogP contribution in [0.1, 0.15) is 45.6 Å². The zero-order valence-corrected chi connectivity index (χ0v) is 13.5. The summed E-state index contributed by atoms with van der Waals surface area (Å²) in [6.07, 6.45) is 2.88. The van der Waals surface area contributed by atoms with Crippen LogP contribution in [0.4, 0.5) is 0 Å². The van der Waals surface area contributed by atoms with Gasteiger partial charge < -0.3 is 14.8 Å². The fourth-order valence-corrected chi connectivity index (χ4v) is 1.86. The van der Waals surface area contributed by atoms with E-state index >= 15 is 0 Å². The average Bonchev–Trinajstić information content (AvgIpc) is 2.51. The van der Waals surface area contributed by atoms with Crippen molar-refractivity contribution in [1.29, 1.82) is 0 Å². The molecule has 0 aliphatic heterocycles. The lowest BCUT2D eigenvalue weighted by atomic mass is 10.2. The van der Waals surface area contributed by atoms with E-state index < -0.39 is 0 Å². The predicted molar refractivity (Wildman–Crippen MR) is 87.8 cm³/mol. The molecule has 0 spiro atoms. The molecule has 0 aliphatic carbocycles. The molecule has 0 aromatic heterocycles. The molecule has 0 amide bonds. The Bertz CT molecular complexity index is 460. The van der Waals surface area contributed by atoms with Gasteiger partial charge in [0, 0.05) is 24.6 Å². The smallest absolute Gasteiger partial charge is 0.127 e. The average molecular weight is 289 g/mol. The van der Waals surface area contributed by atoms with Gasteiger partial charge in [-0.15, -0.1) is 11.8 Å². The lowest BCUT2D eigenvalue weighted by Crippen LogP contribution is -2.15. The van der Waals surface area contributed by atoms with Crippen molar-refractivity contribution in [3.05, 3.63) is 23.8 Å². The molecule has 3 heteroatoms. The molecule has 1 N–H and O–H groups in total.